The van der Waals surface area contributed by atoms with Crippen molar-refractivity contribution in [3.8, 4) is 0 Å². The molecule has 0 saturated carbocycles. The lowest BCUT2D eigenvalue weighted by Crippen LogP contribution is -2.29. The molecule has 0 saturated heterocycles. The Hall–Kier alpha value is -1.97. The summed E-state index contributed by atoms with van der Waals surface area (Å²) < 4.78 is 0.948. The highest BCUT2D eigenvalue weighted by Crippen LogP contribution is 2.34. The van der Waals surface area contributed by atoms with Crippen molar-refractivity contribution in [3.05, 3.63) is 45.5 Å². The van der Waals surface area contributed by atoms with Crippen LogP contribution in [0, 0.1) is 13.8 Å². The zero-order chi connectivity index (χ0) is 20.1. The SMILES string of the molecule is Cc1sc2ncnc(SCC(=O)NCCC(=O)Nc3ccc(Br)cc3)c2c1C. The van der Waals surface area contributed by atoms with E-state index in [1.54, 1.807) is 11.3 Å². The van der Waals surface area contributed by atoms with Crippen molar-refractivity contribution < 1.29 is 9.59 Å². The van der Waals surface area contributed by atoms with Crippen molar-refractivity contribution in [2.75, 3.05) is 17.6 Å². The Bertz CT molecular complexity index is 1010. The van der Waals surface area contributed by atoms with E-state index in [-0.39, 0.29) is 30.5 Å². The van der Waals surface area contributed by atoms with E-state index in [4.69, 9.17) is 0 Å². The van der Waals surface area contributed by atoms with Crippen LogP contribution < -0.4 is 10.6 Å². The molecule has 146 valence electrons. The number of nitrogens with one attached hydrogen (secondary N) is 2. The summed E-state index contributed by atoms with van der Waals surface area (Å²) in [6.07, 6.45) is 1.75. The van der Waals surface area contributed by atoms with Gasteiger partial charge in [-0.1, -0.05) is 27.7 Å². The highest BCUT2D eigenvalue weighted by Gasteiger charge is 2.13. The van der Waals surface area contributed by atoms with Gasteiger partial charge >= 0.3 is 0 Å². The van der Waals surface area contributed by atoms with E-state index in [1.165, 1.54) is 23.0 Å². The number of amides is 2. The standard InChI is InChI=1S/C19H19BrN4O2S2/c1-11-12(2)28-19-17(11)18(22-10-23-19)27-9-16(26)21-8-7-15(25)24-14-5-3-13(20)4-6-14/h3-6,10H,7-9H2,1-2H3,(H,21,26)(H,24,25). The maximum atomic E-state index is 12.1. The highest BCUT2D eigenvalue weighted by molar-refractivity contribution is 9.10. The Morgan fingerprint density at radius 1 is 1.14 bits per heavy atom. The van der Waals surface area contributed by atoms with Crippen LogP contribution in [0.3, 0.4) is 0 Å². The predicted molar refractivity (Wildman–Crippen MR) is 118 cm³/mol. The minimum Gasteiger partial charge on any atom is -0.355 e. The molecule has 2 aromatic heterocycles. The van der Waals surface area contributed by atoms with Crippen molar-refractivity contribution in [1.29, 1.82) is 0 Å². The molecule has 0 fully saturated rings. The van der Waals surface area contributed by atoms with Gasteiger partial charge in [0.15, 0.2) is 0 Å². The lowest BCUT2D eigenvalue weighted by molar-refractivity contribution is -0.119. The summed E-state index contributed by atoms with van der Waals surface area (Å²) in [7, 11) is 0. The number of aromatic nitrogens is 2. The average molecular weight is 479 g/mol. The number of nitrogens with zero attached hydrogens (tertiary/aromatic N) is 2. The molecule has 0 atom stereocenters. The molecule has 0 unspecified atom stereocenters. The van der Waals surface area contributed by atoms with E-state index in [0.29, 0.717) is 0 Å². The number of fused-ring (bicyclic) bond motifs is 1. The minimum atomic E-state index is -0.142. The van der Waals surface area contributed by atoms with Gasteiger partial charge < -0.3 is 10.6 Å². The first-order chi connectivity index (χ1) is 13.4. The number of thioether (sulfide) groups is 1. The Kier molecular flexibility index (Phi) is 7.03. The first-order valence-corrected chi connectivity index (χ1v) is 11.2. The van der Waals surface area contributed by atoms with Crippen molar-refractivity contribution in [1.82, 2.24) is 15.3 Å². The Balaban J connectivity index is 1.45. The lowest BCUT2D eigenvalue weighted by Gasteiger charge is -2.07. The van der Waals surface area contributed by atoms with E-state index in [9.17, 15) is 9.59 Å². The maximum absolute atomic E-state index is 12.1. The normalized spacial score (nSPS) is 10.8. The molecule has 1 aromatic carbocycles. The van der Waals surface area contributed by atoms with Gasteiger partial charge in [-0.25, -0.2) is 9.97 Å². The molecule has 2 amide bonds. The number of carbonyl (C=O) groups is 2. The van der Waals surface area contributed by atoms with E-state index < -0.39 is 0 Å². The summed E-state index contributed by atoms with van der Waals surface area (Å²) >= 11 is 6.37. The van der Waals surface area contributed by atoms with Crippen LogP contribution in [0.25, 0.3) is 10.2 Å². The van der Waals surface area contributed by atoms with E-state index in [2.05, 4.69) is 43.5 Å². The van der Waals surface area contributed by atoms with Gasteiger partial charge in [-0.2, -0.15) is 0 Å². The molecular formula is C19H19BrN4O2S2. The second-order valence-electron chi connectivity index (χ2n) is 6.09. The molecule has 28 heavy (non-hydrogen) atoms. The summed E-state index contributed by atoms with van der Waals surface area (Å²) in [6, 6.07) is 7.34. The molecule has 9 heteroatoms. The first kappa shape index (κ1) is 20.8. The van der Waals surface area contributed by atoms with Gasteiger partial charge in [0.2, 0.25) is 11.8 Å². The Morgan fingerprint density at radius 2 is 1.89 bits per heavy atom. The number of hydrogen-bond donors (Lipinski definition) is 2. The molecule has 0 aliphatic carbocycles. The third kappa shape index (κ3) is 5.30. The fraction of sp³-hybridized carbons (Fsp3) is 0.263. The van der Waals surface area contributed by atoms with Gasteiger partial charge in [-0.3, -0.25) is 9.59 Å². The fourth-order valence-electron chi connectivity index (χ4n) is 2.52. The molecule has 2 heterocycles. The molecule has 0 spiro atoms. The van der Waals surface area contributed by atoms with Gasteiger partial charge in [0.05, 0.1) is 5.75 Å². The Morgan fingerprint density at radius 3 is 2.64 bits per heavy atom. The topological polar surface area (TPSA) is 84.0 Å². The van der Waals surface area contributed by atoms with E-state index in [1.807, 2.05) is 31.2 Å². The number of carbonyl (C=O) groups excluding carboxylic acids is 2. The summed E-state index contributed by atoms with van der Waals surface area (Å²) in [5.41, 5.74) is 1.89. The summed E-state index contributed by atoms with van der Waals surface area (Å²) in [5, 5.41) is 7.41. The fourth-order valence-corrected chi connectivity index (χ4v) is 4.73. The second kappa shape index (κ2) is 9.49. The smallest absolute Gasteiger partial charge is 0.230 e. The van der Waals surface area contributed by atoms with Crippen molar-refractivity contribution >= 4 is 66.7 Å². The molecule has 0 radical (unpaired) electrons. The summed E-state index contributed by atoms with van der Waals surface area (Å²) in [5.74, 6) is -0.0237. The number of benzene rings is 1. The number of thiophene rings is 1. The average Bonchev–Trinajstić information content (AvgIpc) is 2.96. The van der Waals surface area contributed by atoms with Crippen molar-refractivity contribution in [2.45, 2.75) is 25.3 Å². The molecule has 6 nitrogen and oxygen atoms in total. The molecule has 3 rings (SSSR count). The minimum absolute atomic E-state index is 0.127. The van der Waals surface area contributed by atoms with Crippen LogP contribution >= 0.6 is 39.0 Å². The van der Waals surface area contributed by atoms with Crippen molar-refractivity contribution in [3.63, 3.8) is 0 Å². The van der Waals surface area contributed by atoms with Gasteiger partial charge in [0.25, 0.3) is 0 Å². The number of anilines is 1. The molecule has 3 aromatic rings. The van der Waals surface area contributed by atoms with Gasteiger partial charge in [-0.15, -0.1) is 11.3 Å². The molecule has 0 bridgehead atoms. The van der Waals surface area contributed by atoms with Crippen LogP contribution in [0.15, 0.2) is 40.1 Å². The molecule has 2 N–H and O–H groups in total. The van der Waals surface area contributed by atoms with Crippen LogP contribution in [0.5, 0.6) is 0 Å². The van der Waals surface area contributed by atoms with Gasteiger partial charge in [0.1, 0.15) is 16.2 Å². The second-order valence-corrected chi connectivity index (χ2v) is 9.17. The zero-order valence-electron chi connectivity index (χ0n) is 15.4. The largest absolute Gasteiger partial charge is 0.355 e. The summed E-state index contributed by atoms with van der Waals surface area (Å²) in [6.45, 7) is 4.39. The number of hydrogen-bond acceptors (Lipinski definition) is 6. The number of rotatable bonds is 7. The van der Waals surface area contributed by atoms with Gasteiger partial charge in [0, 0.05) is 33.4 Å². The quantitative estimate of drug-likeness (QED) is 0.390. The predicted octanol–water partition coefficient (Wildman–Crippen LogP) is 4.31. The first-order valence-electron chi connectivity index (χ1n) is 8.59. The molecular weight excluding hydrogens is 460 g/mol. The van der Waals surface area contributed by atoms with Crippen LogP contribution in [-0.4, -0.2) is 34.1 Å². The number of aryl methyl sites for hydroxylation is 2. The van der Waals surface area contributed by atoms with Crippen LogP contribution in [-0.2, 0) is 9.59 Å². The monoisotopic (exact) mass is 478 g/mol. The molecule has 0 aliphatic heterocycles. The number of halogens is 1. The van der Waals surface area contributed by atoms with Crippen LogP contribution in [0.2, 0.25) is 0 Å². The molecule has 0 aliphatic rings. The lowest BCUT2D eigenvalue weighted by atomic mass is 10.2. The maximum Gasteiger partial charge on any atom is 0.230 e. The third-order valence-corrected chi connectivity index (χ3v) is 6.71. The van der Waals surface area contributed by atoms with E-state index >= 15 is 0 Å². The highest BCUT2D eigenvalue weighted by atomic mass is 79.9. The third-order valence-electron chi connectivity index (χ3n) is 4.07. The van der Waals surface area contributed by atoms with E-state index in [0.717, 1.165) is 31.0 Å². The van der Waals surface area contributed by atoms with Crippen LogP contribution in [0.4, 0.5) is 5.69 Å². The summed E-state index contributed by atoms with van der Waals surface area (Å²) in [4.78, 5) is 34.8. The van der Waals surface area contributed by atoms with Crippen molar-refractivity contribution in [2.24, 2.45) is 0 Å². The zero-order valence-corrected chi connectivity index (χ0v) is 18.6. The van der Waals surface area contributed by atoms with Gasteiger partial charge in [-0.05, 0) is 43.7 Å². The van der Waals surface area contributed by atoms with Crippen LogP contribution in [0.1, 0.15) is 16.9 Å². The Labute approximate surface area is 179 Å².